The second kappa shape index (κ2) is 7.29. The number of nitrogen functional groups attached to an aromatic ring is 2. The fourth-order valence-corrected chi connectivity index (χ4v) is 3.43. The molecule has 136 valence electrons. The summed E-state index contributed by atoms with van der Waals surface area (Å²) in [5.41, 5.74) is 16.2. The van der Waals surface area contributed by atoms with Gasteiger partial charge in [-0.3, -0.25) is 9.98 Å². The molecule has 2 aromatic rings. The molecule has 26 heavy (non-hydrogen) atoms. The van der Waals surface area contributed by atoms with E-state index in [-0.39, 0.29) is 0 Å². The van der Waals surface area contributed by atoms with Gasteiger partial charge in [-0.05, 0) is 42.0 Å². The van der Waals surface area contributed by atoms with Gasteiger partial charge in [-0.2, -0.15) is 0 Å². The predicted molar refractivity (Wildman–Crippen MR) is 104 cm³/mol. The first kappa shape index (κ1) is 16.8. The molecule has 0 spiro atoms. The first-order valence-electron chi connectivity index (χ1n) is 9.16. The number of hydrogen-bond acceptors (Lipinski definition) is 6. The van der Waals surface area contributed by atoms with E-state index in [2.05, 4.69) is 20.2 Å². The number of rotatable bonds is 4. The van der Waals surface area contributed by atoms with Gasteiger partial charge in [0, 0.05) is 44.1 Å². The molecule has 0 unspecified atom stereocenters. The first-order valence-corrected chi connectivity index (χ1v) is 9.16. The molecule has 2 aromatic heterocycles. The average molecular weight is 351 g/mol. The molecule has 0 bridgehead atoms. The molecule has 0 aromatic carbocycles. The van der Waals surface area contributed by atoms with Crippen LogP contribution in [0.4, 0.5) is 11.5 Å². The molecular weight excluding hydrogens is 326 g/mol. The quantitative estimate of drug-likeness (QED) is 0.567. The maximum atomic E-state index is 6.37. The fourth-order valence-electron chi connectivity index (χ4n) is 3.43. The fraction of sp³-hybridized carbons (Fsp3) is 0.421. The van der Waals surface area contributed by atoms with Crippen LogP contribution in [0.25, 0.3) is 0 Å². The van der Waals surface area contributed by atoms with Crippen LogP contribution in [0.3, 0.4) is 0 Å². The van der Waals surface area contributed by atoms with Crippen LogP contribution in [0.1, 0.15) is 35.4 Å². The highest BCUT2D eigenvalue weighted by Gasteiger charge is 2.30. The van der Waals surface area contributed by atoms with Crippen molar-refractivity contribution < 1.29 is 0 Å². The summed E-state index contributed by atoms with van der Waals surface area (Å²) >= 11 is 0. The van der Waals surface area contributed by atoms with Gasteiger partial charge in [-0.15, -0.1) is 0 Å². The number of aromatic nitrogens is 2. The smallest absolute Gasteiger partial charge is 0.133 e. The van der Waals surface area contributed by atoms with Crippen molar-refractivity contribution in [3.63, 3.8) is 0 Å². The van der Waals surface area contributed by atoms with Gasteiger partial charge in [0.25, 0.3) is 0 Å². The molecule has 7 nitrogen and oxygen atoms in total. The minimum Gasteiger partial charge on any atom is -0.397 e. The van der Waals surface area contributed by atoms with Crippen LogP contribution in [0.5, 0.6) is 0 Å². The van der Waals surface area contributed by atoms with E-state index >= 15 is 0 Å². The molecule has 1 saturated heterocycles. The zero-order valence-electron chi connectivity index (χ0n) is 14.9. The third-order valence-corrected chi connectivity index (χ3v) is 4.92. The van der Waals surface area contributed by atoms with E-state index in [4.69, 9.17) is 16.5 Å². The van der Waals surface area contributed by atoms with E-state index in [0.717, 1.165) is 43.1 Å². The molecule has 1 aliphatic heterocycles. The molecule has 5 N–H and O–H groups in total. The third-order valence-electron chi connectivity index (χ3n) is 4.92. The molecule has 4 rings (SSSR count). The molecule has 3 heterocycles. The van der Waals surface area contributed by atoms with Gasteiger partial charge in [-0.1, -0.05) is 0 Å². The molecule has 7 heteroatoms. The molecule has 2 aliphatic rings. The highest BCUT2D eigenvalue weighted by atomic mass is 15.2. The van der Waals surface area contributed by atoms with Crippen LogP contribution < -0.4 is 16.8 Å². The number of nitrogens with two attached hydrogens (primary N) is 2. The van der Waals surface area contributed by atoms with Crippen molar-refractivity contribution in [3.05, 3.63) is 47.4 Å². The van der Waals surface area contributed by atoms with Crippen LogP contribution in [0, 0.1) is 0 Å². The zero-order chi connectivity index (χ0) is 17.9. The summed E-state index contributed by atoms with van der Waals surface area (Å²) in [6.07, 6.45) is 7.83. The topological polar surface area (TPSA) is 105 Å². The molecule has 0 radical (unpaired) electrons. The lowest BCUT2D eigenvalue weighted by Gasteiger charge is -2.32. The summed E-state index contributed by atoms with van der Waals surface area (Å²) in [7, 11) is 0. The van der Waals surface area contributed by atoms with Crippen LogP contribution in [0.2, 0.25) is 0 Å². The van der Waals surface area contributed by atoms with Crippen LogP contribution in [-0.2, 0) is 6.54 Å². The average Bonchev–Trinajstić information content (AvgIpc) is 3.49. The predicted octanol–water partition coefficient (Wildman–Crippen LogP) is 1.37. The van der Waals surface area contributed by atoms with Gasteiger partial charge in [-0.25, -0.2) is 4.98 Å². The number of pyridine rings is 2. The Bertz CT molecular complexity index is 807. The number of anilines is 2. The SMILES string of the molecule is Nc1cc(C/N=C(\c2c(N)cncc2C2CC2)N2CCNCC2)ccn1. The van der Waals surface area contributed by atoms with Crippen molar-refractivity contribution in [3.8, 4) is 0 Å². The van der Waals surface area contributed by atoms with Crippen molar-refractivity contribution in [2.45, 2.75) is 25.3 Å². The Morgan fingerprint density at radius 3 is 2.77 bits per heavy atom. The van der Waals surface area contributed by atoms with Crippen molar-refractivity contribution in [1.82, 2.24) is 20.2 Å². The van der Waals surface area contributed by atoms with Gasteiger partial charge in [0.2, 0.25) is 0 Å². The molecular formula is C19H25N7. The summed E-state index contributed by atoms with van der Waals surface area (Å²) < 4.78 is 0. The monoisotopic (exact) mass is 351 g/mol. The Hall–Kier alpha value is -2.67. The maximum absolute atomic E-state index is 6.37. The molecule has 2 fully saturated rings. The molecule has 1 aliphatic carbocycles. The Balaban J connectivity index is 1.72. The van der Waals surface area contributed by atoms with E-state index < -0.39 is 0 Å². The lowest BCUT2D eigenvalue weighted by molar-refractivity contribution is 0.357. The largest absolute Gasteiger partial charge is 0.397 e. The van der Waals surface area contributed by atoms with Crippen molar-refractivity contribution in [1.29, 1.82) is 0 Å². The summed E-state index contributed by atoms with van der Waals surface area (Å²) in [5.74, 6) is 2.05. The third kappa shape index (κ3) is 3.62. The van der Waals surface area contributed by atoms with Gasteiger partial charge in [0.15, 0.2) is 0 Å². The Morgan fingerprint density at radius 1 is 1.23 bits per heavy atom. The molecule has 1 saturated carbocycles. The van der Waals surface area contributed by atoms with E-state index in [0.29, 0.717) is 24.0 Å². The normalized spacial score (nSPS) is 18.2. The van der Waals surface area contributed by atoms with Gasteiger partial charge in [0.05, 0.1) is 18.4 Å². The highest BCUT2D eigenvalue weighted by molar-refractivity contribution is 6.04. The summed E-state index contributed by atoms with van der Waals surface area (Å²) in [6, 6.07) is 3.82. The van der Waals surface area contributed by atoms with Crippen molar-refractivity contribution in [2.75, 3.05) is 37.6 Å². The van der Waals surface area contributed by atoms with Gasteiger partial charge < -0.3 is 21.7 Å². The molecule has 0 amide bonds. The lowest BCUT2D eigenvalue weighted by atomic mass is 10.0. The Morgan fingerprint density at radius 2 is 2.04 bits per heavy atom. The van der Waals surface area contributed by atoms with Crippen molar-refractivity contribution >= 4 is 17.3 Å². The maximum Gasteiger partial charge on any atom is 0.133 e. The van der Waals surface area contributed by atoms with Gasteiger partial charge >= 0.3 is 0 Å². The lowest BCUT2D eigenvalue weighted by Crippen LogP contribution is -2.47. The molecule has 0 atom stereocenters. The number of aliphatic imine (C=N–C) groups is 1. The summed E-state index contributed by atoms with van der Waals surface area (Å²) in [5, 5.41) is 3.40. The number of amidine groups is 1. The Labute approximate surface area is 153 Å². The van der Waals surface area contributed by atoms with Crippen LogP contribution in [-0.4, -0.2) is 46.9 Å². The van der Waals surface area contributed by atoms with E-state index in [1.54, 1.807) is 12.4 Å². The van der Waals surface area contributed by atoms with E-state index in [1.165, 1.54) is 18.4 Å². The standard InChI is InChI=1S/C19H25N7/c20-16-12-23-11-15(14-1-2-14)18(16)19(26-7-5-22-6-8-26)25-10-13-3-4-24-17(21)9-13/h3-4,9,11-12,14,22H,1-2,5-8,10,20H2,(H2,21,24)/b25-19+. The summed E-state index contributed by atoms with van der Waals surface area (Å²) in [6.45, 7) is 4.29. The number of nitrogens with zero attached hydrogens (tertiary/aromatic N) is 4. The zero-order valence-corrected chi connectivity index (χ0v) is 14.9. The van der Waals surface area contributed by atoms with Gasteiger partial charge in [0.1, 0.15) is 11.7 Å². The Kier molecular flexibility index (Phi) is 4.71. The van der Waals surface area contributed by atoms with Crippen LogP contribution >= 0.6 is 0 Å². The number of nitrogens with one attached hydrogen (secondary N) is 1. The van der Waals surface area contributed by atoms with E-state index in [9.17, 15) is 0 Å². The highest BCUT2D eigenvalue weighted by Crippen LogP contribution is 2.42. The number of piperazine rings is 1. The second-order valence-corrected chi connectivity index (χ2v) is 6.93. The second-order valence-electron chi connectivity index (χ2n) is 6.93. The summed E-state index contributed by atoms with van der Waals surface area (Å²) in [4.78, 5) is 15.7. The number of hydrogen-bond donors (Lipinski definition) is 3. The van der Waals surface area contributed by atoms with Crippen LogP contribution in [0.15, 0.2) is 35.7 Å². The van der Waals surface area contributed by atoms with Crippen molar-refractivity contribution in [2.24, 2.45) is 4.99 Å². The van der Waals surface area contributed by atoms with E-state index in [1.807, 2.05) is 18.3 Å². The first-order chi connectivity index (χ1) is 12.7. The minimum absolute atomic E-state index is 0.517. The minimum atomic E-state index is 0.517.